The van der Waals surface area contributed by atoms with Gasteiger partial charge >= 0.3 is 0 Å². The van der Waals surface area contributed by atoms with E-state index in [1.165, 1.54) is 6.07 Å². The fourth-order valence-electron chi connectivity index (χ4n) is 3.32. The highest BCUT2D eigenvalue weighted by atomic mass is 19.1. The summed E-state index contributed by atoms with van der Waals surface area (Å²) in [6.07, 6.45) is 1.69. The van der Waals surface area contributed by atoms with Crippen LogP contribution < -0.4 is 9.64 Å². The van der Waals surface area contributed by atoms with Gasteiger partial charge in [-0.1, -0.05) is 26.8 Å². The van der Waals surface area contributed by atoms with Gasteiger partial charge in [-0.3, -0.25) is 0 Å². The van der Waals surface area contributed by atoms with Gasteiger partial charge in [0.2, 0.25) is 0 Å². The second-order valence-electron chi connectivity index (χ2n) is 7.80. The molecule has 0 saturated carbocycles. The molecule has 2 aromatic rings. The lowest BCUT2D eigenvalue weighted by atomic mass is 9.87. The van der Waals surface area contributed by atoms with Gasteiger partial charge in [0.15, 0.2) is 0 Å². The van der Waals surface area contributed by atoms with Crippen LogP contribution in [0.2, 0.25) is 0 Å². The summed E-state index contributed by atoms with van der Waals surface area (Å²) in [5.41, 5.74) is 0.413. The van der Waals surface area contributed by atoms with Crippen molar-refractivity contribution < 1.29 is 18.6 Å². The van der Waals surface area contributed by atoms with Crippen molar-refractivity contribution in [3.63, 3.8) is 0 Å². The Morgan fingerprint density at radius 2 is 1.63 bits per heavy atom. The van der Waals surface area contributed by atoms with E-state index in [0.717, 1.165) is 5.82 Å². The smallest absolute Gasteiger partial charge is 0.132 e. The summed E-state index contributed by atoms with van der Waals surface area (Å²) < 4.78 is 31.2. The molecule has 0 amide bonds. The van der Waals surface area contributed by atoms with Gasteiger partial charge in [0.1, 0.15) is 35.3 Å². The Hall–Kier alpha value is -2.18. The standard InChI is InChI=1S/C21H27FN2O3/c1-21(2,3)16-7-6-14(10-17(16)22)27-15-8-9-23-20(11-15)24-12-18(25-4)19(13-24)26-5/h6-11,18-19H,12-13H2,1-5H3. The van der Waals surface area contributed by atoms with Crippen LogP contribution in [-0.2, 0) is 14.9 Å². The van der Waals surface area contributed by atoms with E-state index in [0.29, 0.717) is 30.2 Å². The number of ether oxygens (including phenoxy) is 3. The quantitative estimate of drug-likeness (QED) is 0.786. The number of methoxy groups -OCH3 is 2. The minimum atomic E-state index is -0.264. The lowest BCUT2D eigenvalue weighted by Crippen LogP contribution is -2.27. The van der Waals surface area contributed by atoms with E-state index in [1.54, 1.807) is 38.6 Å². The van der Waals surface area contributed by atoms with Crippen LogP contribution in [0.3, 0.4) is 0 Å². The van der Waals surface area contributed by atoms with Crippen molar-refractivity contribution in [2.45, 2.75) is 38.4 Å². The first-order chi connectivity index (χ1) is 12.8. The lowest BCUT2D eigenvalue weighted by Gasteiger charge is -2.20. The molecular formula is C21H27FN2O3. The van der Waals surface area contributed by atoms with Crippen molar-refractivity contribution in [3.05, 3.63) is 47.9 Å². The molecule has 27 heavy (non-hydrogen) atoms. The third-order valence-electron chi connectivity index (χ3n) is 4.85. The van der Waals surface area contributed by atoms with Crippen LogP contribution in [0.25, 0.3) is 0 Å². The maximum atomic E-state index is 14.4. The summed E-state index contributed by atoms with van der Waals surface area (Å²) in [7, 11) is 3.37. The number of benzene rings is 1. The molecule has 0 radical (unpaired) electrons. The van der Waals surface area contributed by atoms with E-state index in [1.807, 2.05) is 26.8 Å². The maximum Gasteiger partial charge on any atom is 0.132 e. The molecule has 5 nitrogen and oxygen atoms in total. The monoisotopic (exact) mass is 374 g/mol. The summed E-state index contributed by atoms with van der Waals surface area (Å²) >= 11 is 0. The Balaban J connectivity index is 1.76. The number of aromatic nitrogens is 1. The SMILES string of the molecule is COC1CN(c2cc(Oc3ccc(C(C)(C)C)c(F)c3)ccn2)CC1OC. The minimum Gasteiger partial charge on any atom is -0.457 e. The molecule has 146 valence electrons. The molecule has 1 aliphatic heterocycles. The molecular weight excluding hydrogens is 347 g/mol. The molecule has 3 rings (SSSR count). The molecule has 1 aromatic heterocycles. The Labute approximate surface area is 160 Å². The average Bonchev–Trinajstić information content (AvgIpc) is 3.04. The van der Waals surface area contributed by atoms with E-state index in [2.05, 4.69) is 9.88 Å². The van der Waals surface area contributed by atoms with Gasteiger partial charge in [0, 0.05) is 45.6 Å². The highest BCUT2D eigenvalue weighted by Crippen LogP contribution is 2.31. The second-order valence-corrected chi connectivity index (χ2v) is 7.80. The Morgan fingerprint density at radius 3 is 2.19 bits per heavy atom. The number of anilines is 1. The normalized spacial score (nSPS) is 20.1. The summed E-state index contributed by atoms with van der Waals surface area (Å²) in [4.78, 5) is 6.52. The fourth-order valence-corrected chi connectivity index (χ4v) is 3.32. The molecule has 1 fully saturated rings. The largest absolute Gasteiger partial charge is 0.457 e. The Bertz CT molecular complexity index is 779. The zero-order chi connectivity index (χ0) is 19.6. The van der Waals surface area contributed by atoms with E-state index >= 15 is 0 Å². The molecule has 2 atom stereocenters. The van der Waals surface area contributed by atoms with Gasteiger partial charge in [-0.2, -0.15) is 0 Å². The predicted molar refractivity (Wildman–Crippen MR) is 103 cm³/mol. The summed E-state index contributed by atoms with van der Waals surface area (Å²) in [5.74, 6) is 1.59. The Kier molecular flexibility index (Phi) is 5.67. The van der Waals surface area contributed by atoms with Crippen molar-refractivity contribution in [3.8, 4) is 11.5 Å². The molecule has 6 heteroatoms. The molecule has 2 unspecified atom stereocenters. The minimum absolute atomic E-state index is 0.000382. The first kappa shape index (κ1) is 19.6. The van der Waals surface area contributed by atoms with Crippen molar-refractivity contribution in [2.24, 2.45) is 0 Å². The van der Waals surface area contributed by atoms with Crippen LogP contribution in [0.4, 0.5) is 10.2 Å². The highest BCUT2D eigenvalue weighted by Gasteiger charge is 2.33. The molecule has 2 heterocycles. The number of pyridine rings is 1. The van der Waals surface area contributed by atoms with Crippen LogP contribution >= 0.6 is 0 Å². The average molecular weight is 374 g/mol. The Morgan fingerprint density at radius 1 is 1.00 bits per heavy atom. The third kappa shape index (κ3) is 4.39. The van der Waals surface area contributed by atoms with Crippen LogP contribution in [0.5, 0.6) is 11.5 Å². The van der Waals surface area contributed by atoms with Gasteiger partial charge in [-0.25, -0.2) is 9.37 Å². The van der Waals surface area contributed by atoms with E-state index in [4.69, 9.17) is 14.2 Å². The van der Waals surface area contributed by atoms with Crippen molar-refractivity contribution in [2.75, 3.05) is 32.2 Å². The van der Waals surface area contributed by atoms with Crippen LogP contribution in [-0.4, -0.2) is 44.5 Å². The predicted octanol–water partition coefficient (Wildman–Crippen LogP) is 4.16. The topological polar surface area (TPSA) is 43.8 Å². The lowest BCUT2D eigenvalue weighted by molar-refractivity contribution is -0.00461. The maximum absolute atomic E-state index is 14.4. The summed E-state index contributed by atoms with van der Waals surface area (Å²) in [6.45, 7) is 7.34. The van der Waals surface area contributed by atoms with E-state index in [9.17, 15) is 4.39 Å². The molecule has 1 aromatic carbocycles. The highest BCUT2D eigenvalue weighted by molar-refractivity contribution is 5.47. The van der Waals surface area contributed by atoms with Gasteiger partial charge in [-0.05, 0) is 23.1 Å². The number of halogens is 1. The zero-order valence-corrected chi connectivity index (χ0v) is 16.5. The summed E-state index contributed by atoms with van der Waals surface area (Å²) in [5, 5.41) is 0. The van der Waals surface area contributed by atoms with Crippen molar-refractivity contribution in [1.29, 1.82) is 0 Å². The first-order valence-corrected chi connectivity index (χ1v) is 9.06. The van der Waals surface area contributed by atoms with Crippen LogP contribution in [0.1, 0.15) is 26.3 Å². The molecule has 0 spiro atoms. The third-order valence-corrected chi connectivity index (χ3v) is 4.85. The van der Waals surface area contributed by atoms with Gasteiger partial charge in [0.25, 0.3) is 0 Å². The molecule has 0 bridgehead atoms. The van der Waals surface area contributed by atoms with E-state index < -0.39 is 0 Å². The van der Waals surface area contributed by atoms with Gasteiger partial charge < -0.3 is 19.1 Å². The molecule has 0 N–H and O–H groups in total. The first-order valence-electron chi connectivity index (χ1n) is 9.06. The fraction of sp³-hybridized carbons (Fsp3) is 0.476. The van der Waals surface area contributed by atoms with Crippen molar-refractivity contribution >= 4 is 5.82 Å². The number of hydrogen-bond acceptors (Lipinski definition) is 5. The zero-order valence-electron chi connectivity index (χ0n) is 16.5. The number of rotatable bonds is 5. The summed E-state index contributed by atoms with van der Waals surface area (Å²) in [6, 6.07) is 8.61. The van der Waals surface area contributed by atoms with Crippen LogP contribution in [0.15, 0.2) is 36.5 Å². The second kappa shape index (κ2) is 7.82. The molecule has 1 aliphatic rings. The molecule has 1 saturated heterocycles. The van der Waals surface area contributed by atoms with Gasteiger partial charge in [-0.15, -0.1) is 0 Å². The van der Waals surface area contributed by atoms with Gasteiger partial charge in [0.05, 0.1) is 0 Å². The van der Waals surface area contributed by atoms with Crippen molar-refractivity contribution in [1.82, 2.24) is 4.98 Å². The number of hydrogen-bond donors (Lipinski definition) is 0. The van der Waals surface area contributed by atoms with Crippen LogP contribution in [0, 0.1) is 5.82 Å². The molecule has 0 aliphatic carbocycles. The van der Waals surface area contributed by atoms with E-state index in [-0.39, 0.29) is 23.4 Å². The number of nitrogens with zero attached hydrogens (tertiary/aromatic N) is 2.